The van der Waals surface area contributed by atoms with Crippen molar-refractivity contribution in [2.45, 2.75) is 90.1 Å². The molecule has 2 atom stereocenters. The van der Waals surface area contributed by atoms with Gasteiger partial charge in [0.2, 0.25) is 5.91 Å². The van der Waals surface area contributed by atoms with Crippen LogP contribution in [0.15, 0.2) is 134 Å². The van der Waals surface area contributed by atoms with E-state index in [4.69, 9.17) is 13.6 Å². The molecule has 1 aromatic heterocycles. The number of imidazole rings is 1. The van der Waals surface area contributed by atoms with Crippen molar-refractivity contribution in [3.05, 3.63) is 140 Å². The predicted molar refractivity (Wildman–Crippen MR) is 226 cm³/mol. The monoisotopic (exact) mass is 775 g/mol. The molecule has 290 valence electrons. The number of ether oxygens (including phenoxy) is 1. The Labute approximate surface area is 329 Å². The van der Waals surface area contributed by atoms with Crippen molar-refractivity contribution in [2.75, 3.05) is 13.7 Å². The third-order valence-corrected chi connectivity index (χ3v) is 20.4. The summed E-state index contributed by atoms with van der Waals surface area (Å²) in [5, 5.41) is 7.52. The molecule has 5 aromatic rings. The number of hydrogen-bond donors (Lipinski definition) is 1. The number of amides is 1. The minimum absolute atomic E-state index is 0.0518. The Balaban J connectivity index is 1.45. The summed E-state index contributed by atoms with van der Waals surface area (Å²) < 4.78 is 21.2. The molecule has 4 aromatic carbocycles. The summed E-state index contributed by atoms with van der Waals surface area (Å²) >= 11 is 0. The lowest BCUT2D eigenvalue weighted by Gasteiger charge is -2.44. The smallest absolute Gasteiger partial charge is 0.325 e. The quantitative estimate of drug-likeness (QED) is 0.0976. The van der Waals surface area contributed by atoms with Gasteiger partial charge in [-0.3, -0.25) is 9.59 Å². The Morgan fingerprint density at radius 2 is 1.15 bits per heavy atom. The molecule has 1 N–H and O–H groups in total. The maximum absolute atomic E-state index is 14.2. The number of benzene rings is 4. The third-order valence-electron chi connectivity index (χ3n) is 10.2. The maximum Gasteiger partial charge on any atom is 0.325 e. The molecule has 10 heteroatoms. The first kappa shape index (κ1) is 41.5. The number of carbonyl (C=O) groups excluding carboxylic acids is 2. The van der Waals surface area contributed by atoms with Gasteiger partial charge in [0.1, 0.15) is 6.54 Å². The molecule has 0 unspecified atom stereocenters. The van der Waals surface area contributed by atoms with E-state index in [-0.39, 0.29) is 47.6 Å². The molecular weight excluding hydrogens is 719 g/mol. The molecule has 8 nitrogen and oxygen atoms in total. The van der Waals surface area contributed by atoms with Crippen molar-refractivity contribution >= 4 is 49.3 Å². The third kappa shape index (κ3) is 9.62. The van der Waals surface area contributed by atoms with Crippen LogP contribution in [0, 0.1) is 0 Å². The molecule has 0 spiro atoms. The summed E-state index contributed by atoms with van der Waals surface area (Å²) in [7, 11) is -4.43. The Morgan fingerprint density at radius 3 is 1.56 bits per heavy atom. The van der Waals surface area contributed by atoms with Crippen LogP contribution in [0.1, 0.15) is 60.6 Å². The SMILES string of the molecule is COC(=O)Cn1cnc(C[C@@H](CO[Si](c2ccccc2)(c2ccccc2)C(C)(C)C)NC(=O)C[C@@H](C)O[Si](c2ccccc2)(c2ccccc2)C(C)(C)C)c1. The van der Waals surface area contributed by atoms with E-state index in [0.717, 1.165) is 16.1 Å². The summed E-state index contributed by atoms with van der Waals surface area (Å²) in [6.45, 7) is 15.8. The lowest BCUT2D eigenvalue weighted by molar-refractivity contribution is -0.141. The summed E-state index contributed by atoms with van der Waals surface area (Å²) in [6.07, 6.45) is 3.63. The van der Waals surface area contributed by atoms with E-state index in [0.29, 0.717) is 6.42 Å². The first-order chi connectivity index (χ1) is 26.2. The number of rotatable bonds is 16. The lowest BCUT2D eigenvalue weighted by Crippen LogP contribution is -2.68. The van der Waals surface area contributed by atoms with Gasteiger partial charge in [0, 0.05) is 12.6 Å². The van der Waals surface area contributed by atoms with Gasteiger partial charge in [0.25, 0.3) is 16.6 Å². The molecule has 0 radical (unpaired) electrons. The highest BCUT2D eigenvalue weighted by molar-refractivity contribution is 7.00. The average molecular weight is 776 g/mol. The number of nitrogens with one attached hydrogen (secondary N) is 1. The van der Waals surface area contributed by atoms with Crippen molar-refractivity contribution in [1.82, 2.24) is 14.9 Å². The van der Waals surface area contributed by atoms with Crippen molar-refractivity contribution < 1.29 is 23.2 Å². The van der Waals surface area contributed by atoms with Gasteiger partial charge < -0.3 is 23.5 Å². The van der Waals surface area contributed by atoms with E-state index in [1.165, 1.54) is 17.5 Å². The number of esters is 1. The molecule has 0 aliphatic heterocycles. The van der Waals surface area contributed by atoms with Crippen molar-refractivity contribution in [3.63, 3.8) is 0 Å². The molecule has 0 fully saturated rings. The second-order valence-electron chi connectivity index (χ2n) is 16.4. The van der Waals surface area contributed by atoms with Crippen LogP contribution in [0.4, 0.5) is 0 Å². The van der Waals surface area contributed by atoms with Crippen molar-refractivity contribution in [1.29, 1.82) is 0 Å². The fourth-order valence-electron chi connectivity index (χ4n) is 7.79. The first-order valence-corrected chi connectivity index (χ1v) is 22.9. The summed E-state index contributed by atoms with van der Waals surface area (Å²) in [5.41, 5.74) is 0.733. The van der Waals surface area contributed by atoms with Crippen LogP contribution in [-0.2, 0) is 36.1 Å². The van der Waals surface area contributed by atoms with Crippen LogP contribution >= 0.6 is 0 Å². The average Bonchev–Trinajstić information content (AvgIpc) is 3.60. The van der Waals surface area contributed by atoms with Gasteiger partial charge in [-0.1, -0.05) is 163 Å². The number of methoxy groups -OCH3 is 1. The minimum Gasteiger partial charge on any atom is -0.468 e. The minimum atomic E-state index is -2.92. The molecule has 0 aliphatic rings. The molecule has 0 aliphatic carbocycles. The number of nitrogens with zero attached hydrogens (tertiary/aromatic N) is 2. The van der Waals surface area contributed by atoms with Gasteiger partial charge in [0.15, 0.2) is 0 Å². The second-order valence-corrected chi connectivity index (χ2v) is 24.9. The van der Waals surface area contributed by atoms with E-state index >= 15 is 0 Å². The number of carbonyl (C=O) groups is 2. The predicted octanol–water partition coefficient (Wildman–Crippen LogP) is 6.02. The van der Waals surface area contributed by atoms with E-state index < -0.39 is 22.7 Å². The zero-order chi connectivity index (χ0) is 39.7. The van der Waals surface area contributed by atoms with E-state index in [1.807, 2.05) is 37.4 Å². The zero-order valence-electron chi connectivity index (χ0n) is 33.6. The first-order valence-electron chi connectivity index (χ1n) is 19.1. The van der Waals surface area contributed by atoms with Crippen molar-refractivity contribution in [3.8, 4) is 0 Å². The van der Waals surface area contributed by atoms with Crippen LogP contribution in [0.5, 0.6) is 0 Å². The van der Waals surface area contributed by atoms with Gasteiger partial charge in [-0.15, -0.1) is 0 Å². The Morgan fingerprint density at radius 1 is 0.709 bits per heavy atom. The Bertz CT molecular complexity index is 1880. The maximum atomic E-state index is 14.2. The highest BCUT2D eigenvalue weighted by Gasteiger charge is 2.52. The number of aromatic nitrogens is 2. The van der Waals surface area contributed by atoms with Gasteiger partial charge in [-0.25, -0.2) is 4.98 Å². The van der Waals surface area contributed by atoms with Gasteiger partial charge >= 0.3 is 5.97 Å². The van der Waals surface area contributed by atoms with Crippen LogP contribution in [0.2, 0.25) is 10.1 Å². The van der Waals surface area contributed by atoms with Crippen LogP contribution in [0.3, 0.4) is 0 Å². The second kappa shape index (κ2) is 17.9. The van der Waals surface area contributed by atoms with E-state index in [9.17, 15) is 9.59 Å². The van der Waals surface area contributed by atoms with Crippen molar-refractivity contribution in [2.24, 2.45) is 0 Å². The lowest BCUT2D eigenvalue weighted by atomic mass is 10.1. The summed E-state index contributed by atoms with van der Waals surface area (Å²) in [4.78, 5) is 30.8. The van der Waals surface area contributed by atoms with Crippen LogP contribution in [-0.4, -0.2) is 63.9 Å². The highest BCUT2D eigenvalue weighted by Crippen LogP contribution is 2.38. The Kier molecular flexibility index (Phi) is 13.5. The number of hydrogen-bond acceptors (Lipinski definition) is 6. The summed E-state index contributed by atoms with van der Waals surface area (Å²) in [6, 6.07) is 41.5. The van der Waals surface area contributed by atoms with Gasteiger partial charge in [-0.05, 0) is 37.7 Å². The Hall–Kier alpha value is -4.62. The molecule has 0 saturated heterocycles. The molecule has 1 heterocycles. The standard InChI is InChI=1S/C45H57N3O5Si2/c1-35(53-55(45(5,6)7,40-25-17-11-18-26-40)41-27-19-12-20-28-41)29-42(49)47-37(30-36-31-48(34-46-36)32-43(50)51-8)33-52-54(44(2,3)4,38-21-13-9-14-22-38)39-23-15-10-16-24-39/h9-28,31,34-35,37H,29-30,32-33H2,1-8H3,(H,47,49)/t35-,37+/m1/s1. The highest BCUT2D eigenvalue weighted by atomic mass is 28.4. The molecule has 5 rings (SSSR count). The fourth-order valence-corrected chi connectivity index (χ4v) is 17.1. The fraction of sp³-hybridized carbons (Fsp3) is 0.356. The summed E-state index contributed by atoms with van der Waals surface area (Å²) in [5.74, 6) is -0.492. The van der Waals surface area contributed by atoms with E-state index in [1.54, 1.807) is 10.9 Å². The normalized spacial score (nSPS) is 13.5. The van der Waals surface area contributed by atoms with Gasteiger partial charge in [0.05, 0.1) is 44.3 Å². The van der Waals surface area contributed by atoms with Gasteiger partial charge in [-0.2, -0.15) is 0 Å². The topological polar surface area (TPSA) is 91.7 Å². The molecule has 55 heavy (non-hydrogen) atoms. The largest absolute Gasteiger partial charge is 0.468 e. The molecule has 0 bridgehead atoms. The molecular formula is C45H57N3O5Si2. The van der Waals surface area contributed by atoms with Crippen LogP contribution in [0.25, 0.3) is 0 Å². The molecule has 1 amide bonds. The molecule has 0 saturated carbocycles. The zero-order valence-corrected chi connectivity index (χ0v) is 35.6. The van der Waals surface area contributed by atoms with Crippen LogP contribution < -0.4 is 26.1 Å². The van der Waals surface area contributed by atoms with E-state index in [2.05, 4.69) is 149 Å².